The Kier molecular flexibility index (Phi) is 4.12. The highest BCUT2D eigenvalue weighted by Gasteiger charge is 1.98. The van der Waals surface area contributed by atoms with Gasteiger partial charge in [-0.3, -0.25) is 0 Å². The van der Waals surface area contributed by atoms with Gasteiger partial charge in [0.05, 0.1) is 6.61 Å². The normalized spacial score (nSPS) is 10.3. The van der Waals surface area contributed by atoms with Crippen molar-refractivity contribution in [2.75, 3.05) is 25.2 Å². The average Bonchev–Trinajstić information content (AvgIpc) is 2.11. The fourth-order valence-corrected chi connectivity index (χ4v) is 1.99. The summed E-state index contributed by atoms with van der Waals surface area (Å²) >= 11 is 1.78. The number of hydrogen-bond donors (Lipinski definition) is 1. The molecule has 0 unspecified atom stereocenters. The maximum Gasteiger partial charge on any atom is 0.0556 e. The molecule has 0 atom stereocenters. The Morgan fingerprint density at radius 3 is 2.92 bits per heavy atom. The predicted molar refractivity (Wildman–Crippen MR) is 58.2 cm³/mol. The average molecular weight is 197 g/mol. The molecule has 0 heterocycles. The molecule has 0 aliphatic carbocycles. The van der Waals surface area contributed by atoms with Gasteiger partial charge >= 0.3 is 0 Å². The van der Waals surface area contributed by atoms with Crippen molar-refractivity contribution in [3.8, 4) is 0 Å². The second-order valence-electron chi connectivity index (χ2n) is 2.87. The van der Waals surface area contributed by atoms with Crippen molar-refractivity contribution < 1.29 is 4.74 Å². The third kappa shape index (κ3) is 3.28. The topological polar surface area (TPSA) is 35.2 Å². The maximum absolute atomic E-state index is 5.69. The molecule has 13 heavy (non-hydrogen) atoms. The van der Waals surface area contributed by atoms with Crippen molar-refractivity contribution in [2.45, 2.75) is 11.8 Å². The summed E-state index contributed by atoms with van der Waals surface area (Å²) in [5, 5.41) is 0. The van der Waals surface area contributed by atoms with Crippen LogP contribution in [0, 0.1) is 6.92 Å². The van der Waals surface area contributed by atoms with Gasteiger partial charge in [-0.05, 0) is 24.6 Å². The van der Waals surface area contributed by atoms with Crippen LogP contribution in [-0.4, -0.2) is 19.5 Å². The number of anilines is 1. The van der Waals surface area contributed by atoms with Gasteiger partial charge in [0, 0.05) is 23.4 Å². The first-order valence-corrected chi connectivity index (χ1v) is 5.20. The van der Waals surface area contributed by atoms with Crippen LogP contribution in [-0.2, 0) is 4.74 Å². The van der Waals surface area contributed by atoms with Gasteiger partial charge in [0.25, 0.3) is 0 Å². The Balaban J connectivity index is 2.59. The smallest absolute Gasteiger partial charge is 0.0556 e. The number of nitrogens with two attached hydrogens (primary N) is 1. The zero-order valence-corrected chi connectivity index (χ0v) is 8.86. The van der Waals surface area contributed by atoms with Crippen molar-refractivity contribution in [2.24, 2.45) is 0 Å². The first kappa shape index (κ1) is 10.4. The molecule has 1 aromatic rings. The first-order valence-electron chi connectivity index (χ1n) is 4.22. The minimum Gasteiger partial charge on any atom is -0.399 e. The van der Waals surface area contributed by atoms with Crippen LogP contribution in [0.1, 0.15) is 5.56 Å². The van der Waals surface area contributed by atoms with E-state index in [0.717, 1.165) is 18.0 Å². The molecule has 2 nitrogen and oxygen atoms in total. The summed E-state index contributed by atoms with van der Waals surface area (Å²) in [6.07, 6.45) is 0. The van der Waals surface area contributed by atoms with Crippen molar-refractivity contribution in [1.29, 1.82) is 0 Å². The van der Waals surface area contributed by atoms with Crippen molar-refractivity contribution >= 4 is 17.4 Å². The number of hydrogen-bond acceptors (Lipinski definition) is 3. The molecule has 1 rings (SSSR count). The fourth-order valence-electron chi connectivity index (χ4n) is 1.01. The zero-order valence-electron chi connectivity index (χ0n) is 8.04. The van der Waals surface area contributed by atoms with Crippen LogP contribution in [0.5, 0.6) is 0 Å². The molecule has 0 radical (unpaired) electrons. The minimum absolute atomic E-state index is 0.777. The summed E-state index contributed by atoms with van der Waals surface area (Å²) < 4.78 is 4.98. The fraction of sp³-hybridized carbons (Fsp3) is 0.400. The van der Waals surface area contributed by atoms with E-state index >= 15 is 0 Å². The lowest BCUT2D eigenvalue weighted by Gasteiger charge is -2.05. The van der Waals surface area contributed by atoms with Gasteiger partial charge in [0.15, 0.2) is 0 Å². The number of ether oxygens (including phenoxy) is 1. The minimum atomic E-state index is 0.777. The number of methoxy groups -OCH3 is 1. The molecule has 0 bridgehead atoms. The van der Waals surface area contributed by atoms with E-state index in [0.29, 0.717) is 0 Å². The van der Waals surface area contributed by atoms with E-state index < -0.39 is 0 Å². The number of thioether (sulfide) groups is 1. The second kappa shape index (κ2) is 5.14. The lowest BCUT2D eigenvalue weighted by Crippen LogP contribution is -1.93. The van der Waals surface area contributed by atoms with Crippen LogP contribution in [0.2, 0.25) is 0 Å². The summed E-state index contributed by atoms with van der Waals surface area (Å²) in [6, 6.07) is 5.98. The first-order chi connectivity index (χ1) is 6.24. The van der Waals surface area contributed by atoms with E-state index in [2.05, 4.69) is 6.92 Å². The number of benzene rings is 1. The Hall–Kier alpha value is -0.670. The van der Waals surface area contributed by atoms with Crippen LogP contribution >= 0.6 is 11.8 Å². The summed E-state index contributed by atoms with van der Waals surface area (Å²) in [5.74, 6) is 0.973. The van der Waals surface area contributed by atoms with E-state index in [1.54, 1.807) is 18.9 Å². The highest BCUT2D eigenvalue weighted by atomic mass is 32.2. The van der Waals surface area contributed by atoms with Gasteiger partial charge in [0.2, 0.25) is 0 Å². The molecule has 0 fully saturated rings. The van der Waals surface area contributed by atoms with Crippen molar-refractivity contribution in [1.82, 2.24) is 0 Å². The Morgan fingerprint density at radius 2 is 2.23 bits per heavy atom. The Bertz CT molecular complexity index is 276. The van der Waals surface area contributed by atoms with Gasteiger partial charge < -0.3 is 10.5 Å². The molecule has 0 aliphatic rings. The monoisotopic (exact) mass is 197 g/mol. The van der Waals surface area contributed by atoms with Gasteiger partial charge in [-0.25, -0.2) is 0 Å². The summed E-state index contributed by atoms with van der Waals surface area (Å²) in [5.41, 5.74) is 7.79. The van der Waals surface area contributed by atoms with E-state index in [-0.39, 0.29) is 0 Å². The van der Waals surface area contributed by atoms with Crippen LogP contribution in [0.15, 0.2) is 23.1 Å². The molecule has 0 amide bonds. The summed E-state index contributed by atoms with van der Waals surface area (Å²) in [7, 11) is 1.72. The summed E-state index contributed by atoms with van der Waals surface area (Å²) in [4.78, 5) is 1.25. The molecule has 2 N–H and O–H groups in total. The second-order valence-corrected chi connectivity index (χ2v) is 4.00. The summed E-state index contributed by atoms with van der Waals surface area (Å²) in [6.45, 7) is 2.87. The molecule has 72 valence electrons. The van der Waals surface area contributed by atoms with Gasteiger partial charge in [-0.15, -0.1) is 11.8 Å². The lowest BCUT2D eigenvalue weighted by atomic mass is 10.2. The zero-order chi connectivity index (χ0) is 9.68. The maximum atomic E-state index is 5.69. The highest BCUT2D eigenvalue weighted by molar-refractivity contribution is 7.99. The number of aryl methyl sites for hydroxylation is 1. The third-order valence-corrected chi connectivity index (χ3v) is 2.88. The van der Waals surface area contributed by atoms with Crippen molar-refractivity contribution in [3.05, 3.63) is 23.8 Å². The molecule has 1 aromatic carbocycles. The number of nitrogen functional groups attached to an aromatic ring is 1. The lowest BCUT2D eigenvalue weighted by molar-refractivity contribution is 0.218. The van der Waals surface area contributed by atoms with Crippen LogP contribution in [0.25, 0.3) is 0 Å². The van der Waals surface area contributed by atoms with Crippen LogP contribution < -0.4 is 5.73 Å². The van der Waals surface area contributed by atoms with E-state index in [1.165, 1.54) is 10.5 Å². The van der Waals surface area contributed by atoms with E-state index in [1.807, 2.05) is 18.2 Å². The number of rotatable bonds is 4. The Morgan fingerprint density at radius 1 is 1.46 bits per heavy atom. The Labute approximate surface area is 83.5 Å². The van der Waals surface area contributed by atoms with Gasteiger partial charge in [-0.1, -0.05) is 6.07 Å². The standard InChI is InChI=1S/C10H15NOS/c1-8-3-4-9(11)7-10(8)13-6-5-12-2/h3-4,7H,5-6,11H2,1-2H3. The van der Waals surface area contributed by atoms with Crippen molar-refractivity contribution in [3.63, 3.8) is 0 Å². The largest absolute Gasteiger partial charge is 0.399 e. The van der Waals surface area contributed by atoms with Crippen LogP contribution in [0.3, 0.4) is 0 Å². The molecule has 3 heteroatoms. The quantitative estimate of drug-likeness (QED) is 0.457. The third-order valence-electron chi connectivity index (χ3n) is 1.76. The highest BCUT2D eigenvalue weighted by Crippen LogP contribution is 2.24. The molecule has 0 aliphatic heterocycles. The van der Waals surface area contributed by atoms with E-state index in [9.17, 15) is 0 Å². The molecule has 0 saturated carbocycles. The van der Waals surface area contributed by atoms with E-state index in [4.69, 9.17) is 10.5 Å². The molecule has 0 saturated heterocycles. The molecular weight excluding hydrogens is 182 g/mol. The molecule has 0 spiro atoms. The SMILES string of the molecule is COCCSc1cc(N)ccc1C. The predicted octanol–water partition coefficient (Wildman–Crippen LogP) is 2.32. The van der Waals surface area contributed by atoms with Gasteiger partial charge in [-0.2, -0.15) is 0 Å². The molecule has 0 aromatic heterocycles. The molecular formula is C10H15NOS. The van der Waals surface area contributed by atoms with Crippen LogP contribution in [0.4, 0.5) is 5.69 Å². The van der Waals surface area contributed by atoms with Gasteiger partial charge in [0.1, 0.15) is 0 Å².